The van der Waals surface area contributed by atoms with Crippen molar-refractivity contribution in [2.75, 3.05) is 4.90 Å². The third-order valence-electron chi connectivity index (χ3n) is 3.33. The molecule has 3 rings (SSSR count). The molecule has 0 atom stereocenters. The molecular weight excluding hydrogens is 262 g/mol. The highest BCUT2D eigenvalue weighted by Crippen LogP contribution is 2.38. The van der Waals surface area contributed by atoms with Crippen LogP contribution in [0, 0.1) is 13.8 Å². The van der Waals surface area contributed by atoms with Crippen LogP contribution in [0.25, 0.3) is 0 Å². The largest absolute Gasteiger partial charge is 0.302 e. The van der Waals surface area contributed by atoms with E-state index in [0.29, 0.717) is 0 Å². The molecule has 0 spiro atoms. The number of aryl methyl sites for hydroxylation is 2. The van der Waals surface area contributed by atoms with Gasteiger partial charge in [0.1, 0.15) is 0 Å². The van der Waals surface area contributed by atoms with Crippen molar-refractivity contribution < 1.29 is 0 Å². The highest BCUT2D eigenvalue weighted by molar-refractivity contribution is 7.14. The molecule has 3 aromatic rings. The Morgan fingerprint density at radius 2 is 1.65 bits per heavy atom. The van der Waals surface area contributed by atoms with Gasteiger partial charge in [-0.3, -0.25) is 0 Å². The predicted octanol–water partition coefficient (Wildman–Crippen LogP) is 5.83. The second kappa shape index (κ2) is 5.51. The van der Waals surface area contributed by atoms with Crippen molar-refractivity contribution in [3.05, 3.63) is 77.2 Å². The van der Waals surface area contributed by atoms with Crippen molar-refractivity contribution in [2.24, 2.45) is 0 Å². The van der Waals surface area contributed by atoms with E-state index in [2.05, 4.69) is 84.8 Å². The number of benzene rings is 2. The first kappa shape index (κ1) is 12.9. The SMILES string of the molecule is Cc1ccc(N(c2ccccc2)c2cccs2)c(C)c1. The molecule has 0 aliphatic rings. The van der Waals surface area contributed by atoms with Gasteiger partial charge in [0.15, 0.2) is 0 Å². The molecular formula is C18H17NS. The van der Waals surface area contributed by atoms with Gasteiger partial charge < -0.3 is 4.90 Å². The van der Waals surface area contributed by atoms with Gasteiger partial charge in [0.2, 0.25) is 0 Å². The molecule has 0 fully saturated rings. The molecule has 0 radical (unpaired) electrons. The summed E-state index contributed by atoms with van der Waals surface area (Å²) in [4.78, 5) is 2.32. The average Bonchev–Trinajstić information content (AvgIpc) is 2.97. The minimum atomic E-state index is 1.20. The van der Waals surface area contributed by atoms with Crippen LogP contribution in [0.1, 0.15) is 11.1 Å². The smallest absolute Gasteiger partial charge is 0.0999 e. The van der Waals surface area contributed by atoms with Gasteiger partial charge in [0.05, 0.1) is 5.00 Å². The average molecular weight is 279 g/mol. The molecule has 1 nitrogen and oxygen atoms in total. The summed E-state index contributed by atoms with van der Waals surface area (Å²) < 4.78 is 0. The van der Waals surface area contributed by atoms with Crippen LogP contribution in [0.15, 0.2) is 66.0 Å². The van der Waals surface area contributed by atoms with Crippen LogP contribution in [0.3, 0.4) is 0 Å². The Morgan fingerprint density at radius 1 is 0.850 bits per heavy atom. The second-order valence-corrected chi connectivity index (χ2v) is 5.84. The lowest BCUT2D eigenvalue weighted by molar-refractivity contribution is 1.26. The lowest BCUT2D eigenvalue weighted by atomic mass is 10.1. The number of rotatable bonds is 3. The maximum absolute atomic E-state index is 2.32. The zero-order valence-electron chi connectivity index (χ0n) is 11.7. The zero-order chi connectivity index (χ0) is 13.9. The van der Waals surface area contributed by atoms with Crippen molar-refractivity contribution in [3.8, 4) is 0 Å². The first-order chi connectivity index (χ1) is 9.75. The highest BCUT2D eigenvalue weighted by atomic mass is 32.1. The molecule has 20 heavy (non-hydrogen) atoms. The topological polar surface area (TPSA) is 3.24 Å². The summed E-state index contributed by atoms with van der Waals surface area (Å²) in [5.74, 6) is 0. The van der Waals surface area contributed by atoms with Crippen LogP contribution < -0.4 is 4.90 Å². The molecule has 0 amide bonds. The van der Waals surface area contributed by atoms with Gasteiger partial charge in [0.25, 0.3) is 0 Å². The Balaban J connectivity index is 2.16. The summed E-state index contributed by atoms with van der Waals surface area (Å²) in [6.07, 6.45) is 0. The van der Waals surface area contributed by atoms with E-state index < -0.39 is 0 Å². The number of anilines is 3. The van der Waals surface area contributed by atoms with Gasteiger partial charge >= 0.3 is 0 Å². The van der Waals surface area contributed by atoms with E-state index in [4.69, 9.17) is 0 Å². The summed E-state index contributed by atoms with van der Waals surface area (Å²) in [6.45, 7) is 4.31. The molecule has 2 heteroatoms. The Bertz CT molecular complexity index is 687. The summed E-state index contributed by atoms with van der Waals surface area (Å²) in [5, 5.41) is 3.36. The first-order valence-corrected chi connectivity index (χ1v) is 7.59. The van der Waals surface area contributed by atoms with Crippen LogP contribution in [-0.4, -0.2) is 0 Å². The lowest BCUT2D eigenvalue weighted by Crippen LogP contribution is -2.09. The molecule has 0 bridgehead atoms. The van der Waals surface area contributed by atoms with Crippen molar-refractivity contribution in [1.82, 2.24) is 0 Å². The maximum atomic E-state index is 2.32. The van der Waals surface area contributed by atoms with Gasteiger partial charge in [-0.2, -0.15) is 0 Å². The fourth-order valence-electron chi connectivity index (χ4n) is 2.42. The van der Waals surface area contributed by atoms with E-state index in [0.717, 1.165) is 0 Å². The van der Waals surface area contributed by atoms with E-state index >= 15 is 0 Å². The van der Waals surface area contributed by atoms with E-state index in [1.807, 2.05) is 0 Å². The van der Waals surface area contributed by atoms with Gasteiger partial charge in [-0.05, 0) is 55.1 Å². The van der Waals surface area contributed by atoms with Crippen LogP contribution in [0.5, 0.6) is 0 Å². The molecule has 0 aliphatic heterocycles. The van der Waals surface area contributed by atoms with Crippen LogP contribution in [0.2, 0.25) is 0 Å². The second-order valence-electron chi connectivity index (χ2n) is 4.91. The number of para-hydroxylation sites is 1. The molecule has 0 saturated carbocycles. The van der Waals surface area contributed by atoms with Gasteiger partial charge in [-0.25, -0.2) is 0 Å². The summed E-state index contributed by atoms with van der Waals surface area (Å²) in [5.41, 5.74) is 5.03. The molecule has 0 aliphatic carbocycles. The van der Waals surface area contributed by atoms with E-state index in [1.165, 1.54) is 27.5 Å². The lowest BCUT2D eigenvalue weighted by Gasteiger charge is -2.25. The molecule has 0 N–H and O–H groups in total. The fourth-order valence-corrected chi connectivity index (χ4v) is 3.18. The van der Waals surface area contributed by atoms with Crippen LogP contribution in [0.4, 0.5) is 16.4 Å². The number of thiophene rings is 1. The molecule has 0 unspecified atom stereocenters. The van der Waals surface area contributed by atoms with E-state index in [9.17, 15) is 0 Å². The summed E-state index contributed by atoms with van der Waals surface area (Å²) in [7, 11) is 0. The van der Waals surface area contributed by atoms with Crippen molar-refractivity contribution >= 4 is 27.7 Å². The number of hydrogen-bond acceptors (Lipinski definition) is 2. The fraction of sp³-hybridized carbons (Fsp3) is 0.111. The van der Waals surface area contributed by atoms with Gasteiger partial charge in [-0.15, -0.1) is 11.3 Å². The standard InChI is InChI=1S/C18H17NS/c1-14-10-11-17(15(2)13-14)19(18-9-6-12-20-18)16-7-4-3-5-8-16/h3-13H,1-2H3. The minimum Gasteiger partial charge on any atom is -0.302 e. The summed E-state index contributed by atoms with van der Waals surface area (Å²) >= 11 is 1.76. The van der Waals surface area contributed by atoms with Crippen LogP contribution in [-0.2, 0) is 0 Å². The quantitative estimate of drug-likeness (QED) is 0.582. The molecule has 2 aromatic carbocycles. The van der Waals surface area contributed by atoms with Crippen molar-refractivity contribution in [3.63, 3.8) is 0 Å². The Labute approximate surface area is 124 Å². The monoisotopic (exact) mass is 279 g/mol. The Kier molecular flexibility index (Phi) is 3.57. The normalized spacial score (nSPS) is 10.5. The molecule has 100 valence electrons. The van der Waals surface area contributed by atoms with Crippen molar-refractivity contribution in [2.45, 2.75) is 13.8 Å². The highest BCUT2D eigenvalue weighted by Gasteiger charge is 2.14. The van der Waals surface area contributed by atoms with Gasteiger partial charge in [0, 0.05) is 11.4 Å². The maximum Gasteiger partial charge on any atom is 0.0999 e. The number of nitrogens with zero attached hydrogens (tertiary/aromatic N) is 1. The molecule has 1 aromatic heterocycles. The Morgan fingerprint density at radius 3 is 2.30 bits per heavy atom. The first-order valence-electron chi connectivity index (χ1n) is 6.71. The minimum absolute atomic E-state index is 1.20. The van der Waals surface area contributed by atoms with Gasteiger partial charge in [-0.1, -0.05) is 35.9 Å². The summed E-state index contributed by atoms with van der Waals surface area (Å²) in [6, 6.07) is 21.4. The van der Waals surface area contributed by atoms with E-state index in [-0.39, 0.29) is 0 Å². The third kappa shape index (κ3) is 2.47. The third-order valence-corrected chi connectivity index (χ3v) is 4.19. The van der Waals surface area contributed by atoms with Crippen molar-refractivity contribution in [1.29, 1.82) is 0 Å². The molecule has 1 heterocycles. The van der Waals surface area contributed by atoms with E-state index in [1.54, 1.807) is 11.3 Å². The molecule has 0 saturated heterocycles. The van der Waals surface area contributed by atoms with Crippen LogP contribution >= 0.6 is 11.3 Å². The Hall–Kier alpha value is -2.06. The zero-order valence-corrected chi connectivity index (χ0v) is 12.5. The number of hydrogen-bond donors (Lipinski definition) is 0. The predicted molar refractivity (Wildman–Crippen MR) is 88.5 cm³/mol.